The highest BCUT2D eigenvalue weighted by molar-refractivity contribution is 5.86. The Hall–Kier alpha value is -2.08. The molecular formula is C12H12N2O4. The molecule has 6 heteroatoms. The first-order valence-electron chi connectivity index (χ1n) is 5.54. The van der Waals surface area contributed by atoms with Crippen LogP contribution in [0.5, 0.6) is 0 Å². The normalized spacial score (nSPS) is 17.4. The summed E-state index contributed by atoms with van der Waals surface area (Å²) in [6, 6.07) is 5.36. The molecule has 1 aromatic heterocycles. The quantitative estimate of drug-likeness (QED) is 0.748. The monoisotopic (exact) mass is 248 g/mol. The lowest BCUT2D eigenvalue weighted by atomic mass is 9.78. The molecule has 6 nitrogen and oxygen atoms in total. The van der Waals surface area contributed by atoms with Crippen molar-refractivity contribution in [2.75, 3.05) is 20.3 Å². The van der Waals surface area contributed by atoms with E-state index in [4.69, 9.17) is 9.47 Å². The third-order valence-electron chi connectivity index (χ3n) is 3.34. The van der Waals surface area contributed by atoms with Crippen molar-refractivity contribution in [2.24, 2.45) is 0 Å². The standard InChI is InChI=1S/C12H12N2O4/c1-17-10(15)12(5-18-6-12)7-2-3-8-9(4-7)14-11(16)13-8/h2-4H,5-6H2,1H3,(H2,13,14,16). The van der Waals surface area contributed by atoms with Gasteiger partial charge in [0.1, 0.15) is 5.41 Å². The molecule has 0 radical (unpaired) electrons. The summed E-state index contributed by atoms with van der Waals surface area (Å²) in [5.74, 6) is -0.314. The van der Waals surface area contributed by atoms with Gasteiger partial charge in [-0.3, -0.25) is 4.79 Å². The number of ether oxygens (including phenoxy) is 2. The first-order valence-corrected chi connectivity index (χ1v) is 5.54. The number of aromatic amines is 2. The first kappa shape index (κ1) is 11.0. The van der Waals surface area contributed by atoms with Crippen molar-refractivity contribution in [3.05, 3.63) is 34.2 Å². The van der Waals surface area contributed by atoms with Crippen molar-refractivity contribution >= 4 is 17.0 Å². The van der Waals surface area contributed by atoms with Crippen molar-refractivity contribution in [1.82, 2.24) is 9.97 Å². The maximum absolute atomic E-state index is 11.9. The number of fused-ring (bicyclic) bond motifs is 1. The van der Waals surface area contributed by atoms with E-state index in [1.165, 1.54) is 7.11 Å². The Labute approximate surface area is 102 Å². The number of imidazole rings is 1. The van der Waals surface area contributed by atoms with Crippen LogP contribution in [0.1, 0.15) is 5.56 Å². The van der Waals surface area contributed by atoms with Crippen LogP contribution in [0.2, 0.25) is 0 Å². The molecule has 18 heavy (non-hydrogen) atoms. The Bertz CT molecular complexity index is 666. The summed E-state index contributed by atoms with van der Waals surface area (Å²) in [4.78, 5) is 28.4. The highest BCUT2D eigenvalue weighted by Crippen LogP contribution is 2.34. The number of carbonyl (C=O) groups is 1. The van der Waals surface area contributed by atoms with E-state index in [0.29, 0.717) is 24.2 Å². The van der Waals surface area contributed by atoms with Gasteiger partial charge >= 0.3 is 11.7 Å². The fourth-order valence-electron chi connectivity index (χ4n) is 2.23. The minimum atomic E-state index is -0.739. The zero-order valence-corrected chi connectivity index (χ0v) is 9.78. The van der Waals surface area contributed by atoms with E-state index in [0.717, 1.165) is 5.56 Å². The number of benzene rings is 1. The molecule has 0 bridgehead atoms. The van der Waals surface area contributed by atoms with Crippen LogP contribution in [-0.4, -0.2) is 36.3 Å². The summed E-state index contributed by atoms with van der Waals surface area (Å²) >= 11 is 0. The van der Waals surface area contributed by atoms with Crippen molar-refractivity contribution < 1.29 is 14.3 Å². The molecule has 0 aliphatic carbocycles. The molecule has 2 aromatic rings. The molecule has 0 spiro atoms. The predicted molar refractivity (Wildman–Crippen MR) is 63.4 cm³/mol. The smallest absolute Gasteiger partial charge is 0.323 e. The Morgan fingerprint density at radius 3 is 2.67 bits per heavy atom. The number of esters is 1. The van der Waals surface area contributed by atoms with Gasteiger partial charge in [-0.2, -0.15) is 0 Å². The molecule has 94 valence electrons. The van der Waals surface area contributed by atoms with E-state index in [9.17, 15) is 9.59 Å². The maximum Gasteiger partial charge on any atom is 0.323 e. The number of aromatic nitrogens is 2. The highest BCUT2D eigenvalue weighted by Gasteiger charge is 2.48. The molecule has 0 saturated carbocycles. The lowest BCUT2D eigenvalue weighted by Crippen LogP contribution is -2.53. The lowest BCUT2D eigenvalue weighted by molar-refractivity contribution is -0.166. The Morgan fingerprint density at radius 1 is 1.33 bits per heavy atom. The number of carbonyl (C=O) groups excluding carboxylic acids is 1. The van der Waals surface area contributed by atoms with Gasteiger partial charge in [-0.1, -0.05) is 6.07 Å². The average Bonchev–Trinajstić information content (AvgIpc) is 2.66. The molecule has 1 saturated heterocycles. The molecule has 2 N–H and O–H groups in total. The van der Waals surface area contributed by atoms with Crippen LogP contribution in [0.4, 0.5) is 0 Å². The second-order valence-electron chi connectivity index (χ2n) is 4.41. The van der Waals surface area contributed by atoms with Gasteiger partial charge in [0.15, 0.2) is 0 Å². The van der Waals surface area contributed by atoms with Crippen LogP contribution in [0.15, 0.2) is 23.0 Å². The van der Waals surface area contributed by atoms with Gasteiger partial charge in [-0.25, -0.2) is 4.79 Å². The van der Waals surface area contributed by atoms with Crippen LogP contribution >= 0.6 is 0 Å². The number of H-pyrrole nitrogens is 2. The number of methoxy groups -OCH3 is 1. The van der Waals surface area contributed by atoms with E-state index < -0.39 is 5.41 Å². The third-order valence-corrected chi connectivity index (χ3v) is 3.34. The van der Waals surface area contributed by atoms with Gasteiger partial charge in [0.2, 0.25) is 0 Å². The van der Waals surface area contributed by atoms with Crippen LogP contribution in [-0.2, 0) is 19.7 Å². The minimum Gasteiger partial charge on any atom is -0.468 e. The minimum absolute atomic E-state index is 0.265. The number of nitrogens with one attached hydrogen (secondary N) is 2. The number of hydrogen-bond acceptors (Lipinski definition) is 4. The van der Waals surface area contributed by atoms with E-state index in [1.54, 1.807) is 12.1 Å². The fourth-order valence-corrected chi connectivity index (χ4v) is 2.23. The van der Waals surface area contributed by atoms with Crippen LogP contribution in [0.3, 0.4) is 0 Å². The van der Waals surface area contributed by atoms with Crippen molar-refractivity contribution in [1.29, 1.82) is 0 Å². The molecule has 0 unspecified atom stereocenters. The predicted octanol–water partition coefficient (Wildman–Crippen LogP) is 0.297. The molecule has 2 heterocycles. The van der Waals surface area contributed by atoms with Crippen LogP contribution < -0.4 is 5.69 Å². The highest BCUT2D eigenvalue weighted by atomic mass is 16.5. The number of hydrogen-bond donors (Lipinski definition) is 2. The van der Waals surface area contributed by atoms with Crippen LogP contribution in [0, 0.1) is 0 Å². The van der Waals surface area contributed by atoms with Gasteiger partial charge in [-0.05, 0) is 17.7 Å². The van der Waals surface area contributed by atoms with Gasteiger partial charge < -0.3 is 19.4 Å². The summed E-state index contributed by atoms with van der Waals surface area (Å²) in [5, 5.41) is 0. The van der Waals surface area contributed by atoms with E-state index in [1.807, 2.05) is 6.07 Å². The Morgan fingerprint density at radius 2 is 2.06 bits per heavy atom. The molecular weight excluding hydrogens is 236 g/mol. The summed E-state index contributed by atoms with van der Waals surface area (Å²) in [5.41, 5.74) is 1.18. The molecule has 1 aromatic carbocycles. The van der Waals surface area contributed by atoms with E-state index >= 15 is 0 Å². The van der Waals surface area contributed by atoms with Gasteiger partial charge in [0.25, 0.3) is 0 Å². The molecule has 1 aliphatic heterocycles. The second-order valence-corrected chi connectivity index (χ2v) is 4.41. The van der Waals surface area contributed by atoms with Gasteiger partial charge in [-0.15, -0.1) is 0 Å². The number of rotatable bonds is 2. The molecule has 3 rings (SSSR count). The molecule has 0 amide bonds. The van der Waals surface area contributed by atoms with Crippen molar-refractivity contribution in [2.45, 2.75) is 5.41 Å². The van der Waals surface area contributed by atoms with E-state index in [-0.39, 0.29) is 11.7 Å². The summed E-state index contributed by atoms with van der Waals surface area (Å²) in [6.45, 7) is 0.611. The zero-order valence-electron chi connectivity index (χ0n) is 9.78. The second kappa shape index (κ2) is 3.71. The lowest BCUT2D eigenvalue weighted by Gasteiger charge is -2.38. The summed E-state index contributed by atoms with van der Waals surface area (Å²) in [6.07, 6.45) is 0. The van der Waals surface area contributed by atoms with Crippen LogP contribution in [0.25, 0.3) is 11.0 Å². The third kappa shape index (κ3) is 1.39. The molecule has 1 aliphatic rings. The maximum atomic E-state index is 11.9. The SMILES string of the molecule is COC(=O)C1(c2ccc3[nH]c(=O)[nH]c3c2)COC1. The Balaban J connectivity index is 2.12. The van der Waals surface area contributed by atoms with Gasteiger partial charge in [0, 0.05) is 0 Å². The summed E-state index contributed by atoms with van der Waals surface area (Å²) in [7, 11) is 1.36. The van der Waals surface area contributed by atoms with Crippen molar-refractivity contribution in [3.8, 4) is 0 Å². The molecule has 0 atom stereocenters. The summed E-state index contributed by atoms with van der Waals surface area (Å²) < 4.78 is 9.98. The first-order chi connectivity index (χ1) is 8.65. The van der Waals surface area contributed by atoms with Crippen molar-refractivity contribution in [3.63, 3.8) is 0 Å². The molecule has 1 fully saturated rings. The average molecular weight is 248 g/mol. The zero-order chi connectivity index (χ0) is 12.8. The Kier molecular flexibility index (Phi) is 2.27. The van der Waals surface area contributed by atoms with Gasteiger partial charge in [0.05, 0.1) is 31.4 Å². The topological polar surface area (TPSA) is 84.2 Å². The fraction of sp³-hybridized carbons (Fsp3) is 0.333. The van der Waals surface area contributed by atoms with E-state index in [2.05, 4.69) is 9.97 Å². The largest absolute Gasteiger partial charge is 0.468 e.